The van der Waals surface area contributed by atoms with Gasteiger partial charge in [-0.1, -0.05) is 66.7 Å². The van der Waals surface area contributed by atoms with E-state index in [4.69, 9.17) is 4.98 Å². The van der Waals surface area contributed by atoms with Crippen LogP contribution in [0.1, 0.15) is 5.56 Å². The Labute approximate surface area is 274 Å². The van der Waals surface area contributed by atoms with Gasteiger partial charge in [0.05, 0.1) is 5.69 Å². The Morgan fingerprint density at radius 1 is 0.596 bits per heavy atom. The smallest absolute Gasteiger partial charge is 0.0708 e. The van der Waals surface area contributed by atoms with Crippen molar-refractivity contribution in [1.29, 1.82) is 0 Å². The lowest BCUT2D eigenvalue weighted by Crippen LogP contribution is -2.12. The van der Waals surface area contributed by atoms with Crippen molar-refractivity contribution < 1.29 is 0 Å². The molecule has 8 rings (SSSR count). The Bertz CT molecular complexity index is 2220. The Morgan fingerprint density at radius 3 is 2.00 bits per heavy atom. The molecule has 0 unspecified atom stereocenters. The molecule has 226 valence electrons. The number of aromatic nitrogens is 2. The number of allylic oxidation sites excluding steroid dienone is 2. The molecule has 0 fully saturated rings. The molecular formula is C42H33N5. The summed E-state index contributed by atoms with van der Waals surface area (Å²) in [5, 5.41) is 8.96. The van der Waals surface area contributed by atoms with E-state index in [1.165, 1.54) is 27.6 Å². The standard InChI is InChI=1S/C42H33N5/c1-2-8-35-29-45-42(26-34(35)7-1)33-14-20-40(21-15-33)47(39-18-12-32(13-19-39)37-27-43-22-4-5-23-44-28-37)38-16-10-31(11-17-38)36-25-41-9-3-6-24-46(41)30-36/h1-27,29-30,43-44H,28H2/b22-4-,23-5-,37-27+. The van der Waals surface area contributed by atoms with Gasteiger partial charge in [0.2, 0.25) is 0 Å². The van der Waals surface area contributed by atoms with Gasteiger partial charge in [0.25, 0.3) is 0 Å². The summed E-state index contributed by atoms with van der Waals surface area (Å²) in [6.45, 7) is 0.731. The number of anilines is 3. The van der Waals surface area contributed by atoms with E-state index in [0.717, 1.165) is 45.8 Å². The fraction of sp³-hybridized carbons (Fsp3) is 0.0238. The number of nitrogens with zero attached hydrogens (tertiary/aromatic N) is 3. The maximum atomic E-state index is 4.76. The van der Waals surface area contributed by atoms with E-state index < -0.39 is 0 Å². The predicted octanol–water partition coefficient (Wildman–Crippen LogP) is 9.85. The van der Waals surface area contributed by atoms with E-state index in [0.29, 0.717) is 0 Å². The Kier molecular flexibility index (Phi) is 7.54. The monoisotopic (exact) mass is 607 g/mol. The SMILES string of the molecule is C1=C\N/C=C(/c2ccc(N(c3ccc(-c4cc5ccccn5c4)cc3)c3ccc(-c4cc5ccccc5cn4)cc3)cc2)CN\C=C/1. The summed E-state index contributed by atoms with van der Waals surface area (Å²) in [5.74, 6) is 0. The molecule has 0 spiro atoms. The second kappa shape index (κ2) is 12.6. The first-order valence-electron chi connectivity index (χ1n) is 15.8. The summed E-state index contributed by atoms with van der Waals surface area (Å²) < 4.78 is 2.16. The van der Waals surface area contributed by atoms with Crippen LogP contribution < -0.4 is 15.5 Å². The number of hydrogen-bond acceptors (Lipinski definition) is 4. The van der Waals surface area contributed by atoms with Crippen LogP contribution in [0.3, 0.4) is 0 Å². The molecule has 5 heteroatoms. The summed E-state index contributed by atoms with van der Waals surface area (Å²) in [5.41, 5.74) is 11.2. The van der Waals surface area contributed by atoms with Gasteiger partial charge in [0.1, 0.15) is 0 Å². The van der Waals surface area contributed by atoms with Crippen molar-refractivity contribution in [3.63, 3.8) is 0 Å². The van der Waals surface area contributed by atoms with Gasteiger partial charge in [-0.15, -0.1) is 0 Å². The molecule has 1 aliphatic rings. The fourth-order valence-electron chi connectivity index (χ4n) is 6.10. The third-order valence-electron chi connectivity index (χ3n) is 8.58. The predicted molar refractivity (Wildman–Crippen MR) is 196 cm³/mol. The van der Waals surface area contributed by atoms with Crippen molar-refractivity contribution in [3.05, 3.63) is 182 Å². The minimum atomic E-state index is 0.731. The number of rotatable bonds is 6. The minimum absolute atomic E-state index is 0.731. The first kappa shape index (κ1) is 28.2. The van der Waals surface area contributed by atoms with Crippen LogP contribution in [-0.2, 0) is 0 Å². The molecule has 0 atom stereocenters. The third kappa shape index (κ3) is 5.90. The van der Waals surface area contributed by atoms with Gasteiger partial charge in [0.15, 0.2) is 0 Å². The first-order valence-corrected chi connectivity index (χ1v) is 15.8. The molecule has 0 amide bonds. The van der Waals surface area contributed by atoms with Gasteiger partial charge in [-0.05, 0) is 101 Å². The Hall–Kier alpha value is -6.33. The van der Waals surface area contributed by atoms with Crippen LogP contribution in [0.25, 0.3) is 44.2 Å². The molecule has 47 heavy (non-hydrogen) atoms. The van der Waals surface area contributed by atoms with Gasteiger partial charge in [-0.3, -0.25) is 4.98 Å². The molecule has 0 radical (unpaired) electrons. The van der Waals surface area contributed by atoms with Gasteiger partial charge in [-0.2, -0.15) is 0 Å². The van der Waals surface area contributed by atoms with Gasteiger partial charge < -0.3 is 19.9 Å². The van der Waals surface area contributed by atoms with Crippen LogP contribution in [0.5, 0.6) is 0 Å². The fourth-order valence-corrected chi connectivity index (χ4v) is 6.10. The Balaban J connectivity index is 1.15. The van der Waals surface area contributed by atoms with Crippen molar-refractivity contribution in [3.8, 4) is 22.4 Å². The molecule has 3 aromatic heterocycles. The largest absolute Gasteiger partial charge is 0.387 e. The molecule has 4 aromatic carbocycles. The normalized spacial score (nSPS) is 15.4. The van der Waals surface area contributed by atoms with Crippen molar-refractivity contribution in [2.45, 2.75) is 0 Å². The number of hydrogen-bond donors (Lipinski definition) is 2. The van der Waals surface area contributed by atoms with E-state index in [-0.39, 0.29) is 0 Å². The molecule has 4 heterocycles. The van der Waals surface area contributed by atoms with Crippen LogP contribution in [0, 0.1) is 0 Å². The highest BCUT2D eigenvalue weighted by Crippen LogP contribution is 2.37. The number of nitrogens with one attached hydrogen (secondary N) is 2. The second-order valence-electron chi connectivity index (χ2n) is 11.6. The van der Waals surface area contributed by atoms with Crippen LogP contribution in [0.4, 0.5) is 17.1 Å². The molecular weight excluding hydrogens is 574 g/mol. The van der Waals surface area contributed by atoms with Gasteiger partial charge in [-0.25, -0.2) is 0 Å². The highest BCUT2D eigenvalue weighted by molar-refractivity contribution is 5.86. The Morgan fingerprint density at radius 2 is 1.26 bits per heavy atom. The highest BCUT2D eigenvalue weighted by atomic mass is 15.1. The summed E-state index contributed by atoms with van der Waals surface area (Å²) in [6, 6.07) is 45.3. The summed E-state index contributed by atoms with van der Waals surface area (Å²) in [7, 11) is 0. The quantitative estimate of drug-likeness (QED) is 0.198. The topological polar surface area (TPSA) is 44.6 Å². The zero-order valence-corrected chi connectivity index (χ0v) is 25.8. The highest BCUT2D eigenvalue weighted by Gasteiger charge is 2.15. The minimum Gasteiger partial charge on any atom is -0.387 e. The maximum Gasteiger partial charge on any atom is 0.0708 e. The lowest BCUT2D eigenvalue weighted by molar-refractivity contribution is 0.993. The molecule has 0 bridgehead atoms. The molecule has 1 aliphatic heterocycles. The van der Waals surface area contributed by atoms with Crippen LogP contribution in [0.15, 0.2) is 177 Å². The third-order valence-corrected chi connectivity index (χ3v) is 8.58. The van der Waals surface area contributed by atoms with Crippen LogP contribution >= 0.6 is 0 Å². The van der Waals surface area contributed by atoms with Gasteiger partial charge >= 0.3 is 0 Å². The molecule has 0 saturated carbocycles. The zero-order chi connectivity index (χ0) is 31.4. The molecule has 5 nitrogen and oxygen atoms in total. The number of fused-ring (bicyclic) bond motifs is 2. The zero-order valence-electron chi connectivity index (χ0n) is 25.8. The molecule has 0 aliphatic carbocycles. The van der Waals surface area contributed by atoms with Crippen LogP contribution in [-0.4, -0.2) is 15.9 Å². The molecule has 2 N–H and O–H groups in total. The van der Waals surface area contributed by atoms with Crippen molar-refractivity contribution in [1.82, 2.24) is 20.0 Å². The maximum absolute atomic E-state index is 4.76. The summed E-state index contributed by atoms with van der Waals surface area (Å²) >= 11 is 0. The summed E-state index contributed by atoms with van der Waals surface area (Å²) in [6.07, 6.45) is 16.1. The lowest BCUT2D eigenvalue weighted by atomic mass is 10.0. The van der Waals surface area contributed by atoms with Crippen molar-refractivity contribution in [2.75, 3.05) is 11.4 Å². The average molecular weight is 608 g/mol. The van der Waals surface area contributed by atoms with Crippen molar-refractivity contribution in [2.24, 2.45) is 0 Å². The second-order valence-corrected chi connectivity index (χ2v) is 11.6. The number of pyridine rings is 2. The van der Waals surface area contributed by atoms with E-state index >= 15 is 0 Å². The first-order chi connectivity index (χ1) is 23.3. The summed E-state index contributed by atoms with van der Waals surface area (Å²) in [4.78, 5) is 7.06. The lowest BCUT2D eigenvalue weighted by Gasteiger charge is -2.26. The average Bonchev–Trinajstić information content (AvgIpc) is 3.62. The van der Waals surface area contributed by atoms with E-state index in [1.807, 2.05) is 43.0 Å². The van der Waals surface area contributed by atoms with Crippen molar-refractivity contribution >= 4 is 38.9 Å². The number of benzene rings is 4. The molecule has 0 saturated heterocycles. The van der Waals surface area contributed by atoms with Crippen LogP contribution in [0.2, 0.25) is 0 Å². The van der Waals surface area contributed by atoms with E-state index in [9.17, 15) is 0 Å². The van der Waals surface area contributed by atoms with E-state index in [1.54, 1.807) is 0 Å². The van der Waals surface area contributed by atoms with Gasteiger partial charge in [0, 0.05) is 76.6 Å². The van der Waals surface area contributed by atoms with E-state index in [2.05, 4.69) is 154 Å². The molecule has 7 aromatic rings.